The predicted molar refractivity (Wildman–Crippen MR) is 112 cm³/mol. The van der Waals surface area contributed by atoms with Gasteiger partial charge in [-0.1, -0.05) is 30.8 Å². The molecule has 1 amide bonds. The average Bonchev–Trinajstić information content (AvgIpc) is 2.92. The summed E-state index contributed by atoms with van der Waals surface area (Å²) in [5.74, 6) is -0.141. The minimum atomic E-state index is -3.10. The summed E-state index contributed by atoms with van der Waals surface area (Å²) in [4.78, 5) is 30.0. The minimum Gasteiger partial charge on any atom is -0.349 e. The Hall–Kier alpha value is -1.87. The average molecular weight is 424 g/mol. The third kappa shape index (κ3) is 4.41. The molecule has 2 heterocycles. The summed E-state index contributed by atoms with van der Waals surface area (Å²) in [5.41, 5.74) is -0.246. The van der Waals surface area contributed by atoms with Gasteiger partial charge in [-0.05, 0) is 38.8 Å². The zero-order chi connectivity index (χ0) is 20.5. The zero-order valence-corrected chi connectivity index (χ0v) is 17.9. The maximum Gasteiger partial charge on any atom is 0.262 e. The number of nitrogens with zero attached hydrogens (tertiary/aromatic N) is 2. The van der Waals surface area contributed by atoms with Gasteiger partial charge in [0.2, 0.25) is 5.91 Å². The van der Waals surface area contributed by atoms with Crippen molar-refractivity contribution in [3.63, 3.8) is 0 Å². The molecule has 1 aliphatic rings. The van der Waals surface area contributed by atoms with Crippen LogP contribution in [-0.4, -0.2) is 46.7 Å². The van der Waals surface area contributed by atoms with Crippen molar-refractivity contribution in [1.29, 1.82) is 0 Å². The van der Waals surface area contributed by atoms with Crippen molar-refractivity contribution in [2.75, 3.05) is 17.3 Å². The van der Waals surface area contributed by atoms with Gasteiger partial charge in [-0.3, -0.25) is 14.2 Å². The Morgan fingerprint density at radius 2 is 2.11 bits per heavy atom. The molecule has 1 aromatic heterocycles. The number of fused-ring (bicyclic) bond motifs is 1. The first kappa shape index (κ1) is 20.9. The summed E-state index contributed by atoms with van der Waals surface area (Å²) >= 11 is 1.20. The number of nitrogens with one attached hydrogen (secondary N) is 1. The van der Waals surface area contributed by atoms with E-state index < -0.39 is 15.4 Å². The number of rotatable bonds is 6. The molecule has 28 heavy (non-hydrogen) atoms. The summed E-state index contributed by atoms with van der Waals surface area (Å²) in [5, 5.41) is 3.89. The third-order valence-electron chi connectivity index (χ3n) is 5.08. The van der Waals surface area contributed by atoms with Crippen molar-refractivity contribution in [2.45, 2.75) is 50.4 Å². The van der Waals surface area contributed by atoms with Crippen LogP contribution in [0, 0.1) is 0 Å². The van der Waals surface area contributed by atoms with Crippen molar-refractivity contribution in [3.05, 3.63) is 34.6 Å². The Bertz CT molecular complexity index is 1060. The number of carbonyl (C=O) groups excluding carboxylic acids is 1. The zero-order valence-electron chi connectivity index (χ0n) is 16.3. The lowest BCUT2D eigenvalue weighted by atomic mass is 10.0. The van der Waals surface area contributed by atoms with E-state index in [0.29, 0.717) is 22.5 Å². The second-order valence-electron chi connectivity index (χ2n) is 7.58. The number of sulfone groups is 1. The summed E-state index contributed by atoms with van der Waals surface area (Å²) in [6.07, 6.45) is 1.17. The molecule has 0 saturated carbocycles. The van der Waals surface area contributed by atoms with E-state index >= 15 is 0 Å². The van der Waals surface area contributed by atoms with Crippen LogP contribution in [0.2, 0.25) is 0 Å². The number of aromatic nitrogens is 2. The van der Waals surface area contributed by atoms with Gasteiger partial charge in [0.15, 0.2) is 15.0 Å². The SMILES string of the molecule is CC[C@@H](C)n1c(SCC(=O)N[C@]2(C)CCS(=O)(=O)C2)nc2ccccc2c1=O. The van der Waals surface area contributed by atoms with E-state index in [9.17, 15) is 18.0 Å². The normalized spacial score (nSPS) is 22.2. The van der Waals surface area contributed by atoms with Crippen molar-refractivity contribution < 1.29 is 13.2 Å². The Balaban J connectivity index is 1.82. The number of para-hydroxylation sites is 1. The van der Waals surface area contributed by atoms with Crippen LogP contribution in [-0.2, 0) is 14.6 Å². The Morgan fingerprint density at radius 3 is 2.75 bits per heavy atom. The number of hydrogen-bond donors (Lipinski definition) is 1. The quantitative estimate of drug-likeness (QED) is 0.565. The highest BCUT2D eigenvalue weighted by Gasteiger charge is 2.39. The molecule has 0 spiro atoms. The molecule has 1 aliphatic heterocycles. The molecule has 1 aromatic carbocycles. The van der Waals surface area contributed by atoms with Crippen LogP contribution in [0.4, 0.5) is 0 Å². The highest BCUT2D eigenvalue weighted by Crippen LogP contribution is 2.25. The van der Waals surface area contributed by atoms with Crippen molar-refractivity contribution in [3.8, 4) is 0 Å². The third-order valence-corrected chi connectivity index (χ3v) is 7.94. The van der Waals surface area contributed by atoms with Gasteiger partial charge < -0.3 is 5.32 Å². The van der Waals surface area contributed by atoms with Crippen LogP contribution in [0.5, 0.6) is 0 Å². The fourth-order valence-electron chi connectivity index (χ4n) is 3.41. The van der Waals surface area contributed by atoms with Crippen LogP contribution >= 0.6 is 11.8 Å². The molecule has 3 rings (SSSR count). The van der Waals surface area contributed by atoms with Crippen LogP contribution in [0.3, 0.4) is 0 Å². The summed E-state index contributed by atoms with van der Waals surface area (Å²) in [6, 6.07) is 7.12. The van der Waals surface area contributed by atoms with E-state index in [1.165, 1.54) is 11.8 Å². The van der Waals surface area contributed by atoms with E-state index in [4.69, 9.17) is 0 Å². The Morgan fingerprint density at radius 1 is 1.39 bits per heavy atom. The van der Waals surface area contributed by atoms with Crippen LogP contribution < -0.4 is 10.9 Å². The molecule has 7 nitrogen and oxygen atoms in total. The van der Waals surface area contributed by atoms with Crippen LogP contribution in [0.1, 0.15) is 39.7 Å². The standard InChI is InChI=1S/C19H25N3O4S2/c1-4-13(2)22-17(24)14-7-5-6-8-15(14)20-18(22)27-11-16(23)21-19(3)9-10-28(25,26)12-19/h5-8,13H,4,9-12H2,1-3H3,(H,21,23)/t13-,19-/m1/s1. The molecule has 2 aromatic rings. The molecule has 0 radical (unpaired) electrons. The number of hydrogen-bond acceptors (Lipinski definition) is 6. The summed E-state index contributed by atoms with van der Waals surface area (Å²) in [6.45, 7) is 5.70. The van der Waals surface area contributed by atoms with Gasteiger partial charge in [0, 0.05) is 6.04 Å². The van der Waals surface area contributed by atoms with Crippen molar-refractivity contribution in [2.24, 2.45) is 0 Å². The maximum absolute atomic E-state index is 12.9. The fourth-order valence-corrected chi connectivity index (χ4v) is 6.40. The Kier molecular flexibility index (Phi) is 5.86. The highest BCUT2D eigenvalue weighted by atomic mass is 32.2. The largest absolute Gasteiger partial charge is 0.349 e. The molecule has 1 fully saturated rings. The predicted octanol–water partition coefficient (Wildman–Crippen LogP) is 2.15. The van der Waals surface area contributed by atoms with Crippen molar-refractivity contribution in [1.82, 2.24) is 14.9 Å². The molecule has 152 valence electrons. The minimum absolute atomic E-state index is 0.0395. The van der Waals surface area contributed by atoms with Gasteiger partial charge in [0.1, 0.15) is 0 Å². The molecule has 0 unspecified atom stereocenters. The lowest BCUT2D eigenvalue weighted by Crippen LogP contribution is -2.47. The molecule has 0 bridgehead atoms. The molecule has 0 aliphatic carbocycles. The monoisotopic (exact) mass is 423 g/mol. The number of carbonyl (C=O) groups is 1. The maximum atomic E-state index is 12.9. The van der Waals surface area contributed by atoms with E-state index in [1.54, 1.807) is 23.6 Å². The number of thioether (sulfide) groups is 1. The van der Waals surface area contributed by atoms with E-state index in [-0.39, 0.29) is 34.8 Å². The van der Waals surface area contributed by atoms with Gasteiger partial charge in [-0.2, -0.15) is 0 Å². The lowest BCUT2D eigenvalue weighted by Gasteiger charge is -2.24. The van der Waals surface area contributed by atoms with Gasteiger partial charge in [-0.25, -0.2) is 13.4 Å². The van der Waals surface area contributed by atoms with E-state index in [2.05, 4.69) is 10.3 Å². The second-order valence-corrected chi connectivity index (χ2v) is 10.7. The number of amides is 1. The van der Waals surface area contributed by atoms with Gasteiger partial charge in [-0.15, -0.1) is 0 Å². The molecular weight excluding hydrogens is 398 g/mol. The molecule has 1 N–H and O–H groups in total. The van der Waals surface area contributed by atoms with Crippen LogP contribution in [0.15, 0.2) is 34.2 Å². The topological polar surface area (TPSA) is 98.1 Å². The second kappa shape index (κ2) is 7.87. The summed E-state index contributed by atoms with van der Waals surface area (Å²) in [7, 11) is -3.10. The van der Waals surface area contributed by atoms with Gasteiger partial charge in [0.05, 0.1) is 33.7 Å². The summed E-state index contributed by atoms with van der Waals surface area (Å²) < 4.78 is 25.1. The number of benzene rings is 1. The van der Waals surface area contributed by atoms with E-state index in [0.717, 1.165) is 6.42 Å². The lowest BCUT2D eigenvalue weighted by molar-refractivity contribution is -0.120. The van der Waals surface area contributed by atoms with Gasteiger partial charge in [0.25, 0.3) is 5.56 Å². The first-order chi connectivity index (χ1) is 13.1. The first-order valence-electron chi connectivity index (χ1n) is 9.30. The smallest absolute Gasteiger partial charge is 0.262 e. The molecule has 1 saturated heterocycles. The van der Waals surface area contributed by atoms with Crippen LogP contribution in [0.25, 0.3) is 10.9 Å². The fraction of sp³-hybridized carbons (Fsp3) is 0.526. The van der Waals surface area contributed by atoms with E-state index in [1.807, 2.05) is 26.0 Å². The highest BCUT2D eigenvalue weighted by molar-refractivity contribution is 7.99. The first-order valence-corrected chi connectivity index (χ1v) is 12.1. The molecular formula is C19H25N3O4S2. The van der Waals surface area contributed by atoms with Crippen molar-refractivity contribution >= 4 is 38.4 Å². The molecule has 9 heteroatoms. The van der Waals surface area contributed by atoms with Gasteiger partial charge >= 0.3 is 0 Å². The molecule has 2 atom stereocenters. The Labute approximate surface area is 168 Å².